The molecule has 1 aromatic carbocycles. The lowest BCUT2D eigenvalue weighted by atomic mass is 9.74. The summed E-state index contributed by atoms with van der Waals surface area (Å²) in [5.74, 6) is 0. The van der Waals surface area contributed by atoms with Crippen LogP contribution in [0.1, 0.15) is 45.2 Å². The van der Waals surface area contributed by atoms with Crippen molar-refractivity contribution in [1.29, 1.82) is 0 Å². The molecule has 2 rings (SSSR count). The van der Waals surface area contributed by atoms with Crippen LogP contribution in [-0.2, 0) is 5.41 Å². The van der Waals surface area contributed by atoms with Gasteiger partial charge in [-0.25, -0.2) is 0 Å². The maximum Gasteiger partial charge on any atom is 0.0398 e. The summed E-state index contributed by atoms with van der Waals surface area (Å²) in [5.41, 5.74) is 5.78. The Morgan fingerprint density at radius 1 is 1.15 bits per heavy atom. The van der Waals surface area contributed by atoms with Crippen molar-refractivity contribution in [2.24, 2.45) is 0 Å². The fourth-order valence-corrected chi connectivity index (χ4v) is 3.17. The Labute approximate surface area is 124 Å². The molecule has 1 unspecified atom stereocenters. The number of nitrogens with zero attached hydrogens (tertiary/aromatic N) is 1. The maximum atomic E-state index is 2.44. The topological polar surface area (TPSA) is 3.24 Å². The van der Waals surface area contributed by atoms with Gasteiger partial charge in [0.15, 0.2) is 0 Å². The maximum absolute atomic E-state index is 2.44. The summed E-state index contributed by atoms with van der Waals surface area (Å²) in [6, 6.07) is 6.75. The monoisotopic (exact) mass is 269 g/mol. The average Bonchev–Trinajstić information content (AvgIpc) is 2.45. The van der Waals surface area contributed by atoms with Gasteiger partial charge < -0.3 is 4.90 Å². The van der Waals surface area contributed by atoms with Crippen LogP contribution in [0.3, 0.4) is 0 Å². The molecule has 0 aliphatic heterocycles. The molecule has 1 aromatic rings. The minimum absolute atomic E-state index is 0.132. The Balaban J connectivity index is 2.44. The molecule has 0 bridgehead atoms. The molecule has 0 saturated carbocycles. The molecule has 1 nitrogen and oxygen atoms in total. The average molecular weight is 269 g/mol. The third-order valence-corrected chi connectivity index (χ3v) is 4.59. The van der Waals surface area contributed by atoms with Crippen LogP contribution in [0.25, 0.3) is 0 Å². The zero-order valence-electron chi connectivity index (χ0n) is 13.5. The Morgan fingerprint density at radius 2 is 1.85 bits per heavy atom. The summed E-state index contributed by atoms with van der Waals surface area (Å²) in [6.45, 7) is 13.4. The molecule has 0 heterocycles. The van der Waals surface area contributed by atoms with Crippen molar-refractivity contribution < 1.29 is 0 Å². The van der Waals surface area contributed by atoms with Gasteiger partial charge in [-0.1, -0.05) is 42.9 Å². The highest BCUT2D eigenvalue weighted by Gasteiger charge is 2.27. The number of anilines is 1. The molecule has 20 heavy (non-hydrogen) atoms. The zero-order chi connectivity index (χ0) is 14.8. The molecule has 0 spiro atoms. The Hall–Kier alpha value is -1.50. The Kier molecular flexibility index (Phi) is 4.37. The predicted octanol–water partition coefficient (Wildman–Crippen LogP) is 5.01. The van der Waals surface area contributed by atoms with Crippen LogP contribution in [0.4, 0.5) is 5.69 Å². The lowest BCUT2D eigenvalue weighted by Gasteiger charge is -2.32. The van der Waals surface area contributed by atoms with E-state index in [9.17, 15) is 0 Å². The largest absolute Gasteiger partial charge is 0.372 e. The minimum Gasteiger partial charge on any atom is -0.372 e. The summed E-state index contributed by atoms with van der Waals surface area (Å²) >= 11 is 0. The highest BCUT2D eigenvalue weighted by atomic mass is 15.1. The third-order valence-electron chi connectivity index (χ3n) is 4.59. The van der Waals surface area contributed by atoms with E-state index in [0.717, 1.165) is 19.5 Å². The van der Waals surface area contributed by atoms with E-state index in [1.807, 2.05) is 0 Å². The third kappa shape index (κ3) is 2.67. The number of hydrogen-bond acceptors (Lipinski definition) is 1. The van der Waals surface area contributed by atoms with Gasteiger partial charge in [-0.15, -0.1) is 0 Å². The van der Waals surface area contributed by atoms with Gasteiger partial charge >= 0.3 is 0 Å². The van der Waals surface area contributed by atoms with Gasteiger partial charge in [-0.2, -0.15) is 0 Å². The molecule has 1 aliphatic carbocycles. The van der Waals surface area contributed by atoms with Crippen molar-refractivity contribution in [3.05, 3.63) is 53.1 Å². The molecule has 1 heteroatoms. The van der Waals surface area contributed by atoms with E-state index in [0.29, 0.717) is 0 Å². The molecular formula is C19H27N. The number of benzene rings is 1. The Bertz CT molecular complexity index is 535. The fraction of sp³-hybridized carbons (Fsp3) is 0.474. The molecule has 0 aromatic heterocycles. The fourth-order valence-electron chi connectivity index (χ4n) is 3.17. The first kappa shape index (κ1) is 14.9. The van der Waals surface area contributed by atoms with Gasteiger partial charge in [0, 0.05) is 24.2 Å². The second-order valence-electron chi connectivity index (χ2n) is 6.03. The molecule has 1 atom stereocenters. The molecule has 108 valence electrons. The van der Waals surface area contributed by atoms with Crippen molar-refractivity contribution in [3.8, 4) is 0 Å². The van der Waals surface area contributed by atoms with Crippen LogP contribution >= 0.6 is 0 Å². The molecule has 0 saturated heterocycles. The van der Waals surface area contributed by atoms with Gasteiger partial charge in [0.25, 0.3) is 0 Å². The second-order valence-corrected chi connectivity index (χ2v) is 6.03. The first-order valence-electron chi connectivity index (χ1n) is 7.73. The van der Waals surface area contributed by atoms with E-state index >= 15 is 0 Å². The first-order chi connectivity index (χ1) is 9.51. The highest BCUT2D eigenvalue weighted by Crippen LogP contribution is 2.38. The quantitative estimate of drug-likeness (QED) is 0.743. The Morgan fingerprint density at radius 3 is 2.40 bits per heavy atom. The summed E-state index contributed by atoms with van der Waals surface area (Å²) in [6.07, 6.45) is 8.07. The van der Waals surface area contributed by atoms with E-state index < -0.39 is 0 Å². The highest BCUT2D eigenvalue weighted by molar-refractivity contribution is 5.59. The SMILES string of the molecule is CCN(CC)c1cccc(C2(C)C=CC(C)=CC2)c1C. The van der Waals surface area contributed by atoms with E-state index in [-0.39, 0.29) is 5.41 Å². The molecule has 0 amide bonds. The smallest absolute Gasteiger partial charge is 0.0398 e. The summed E-state index contributed by atoms with van der Waals surface area (Å²) in [7, 11) is 0. The normalized spacial score (nSPS) is 21.8. The van der Waals surface area contributed by atoms with Gasteiger partial charge in [-0.3, -0.25) is 0 Å². The van der Waals surface area contributed by atoms with Crippen LogP contribution in [-0.4, -0.2) is 13.1 Å². The van der Waals surface area contributed by atoms with Gasteiger partial charge in [0.05, 0.1) is 0 Å². The van der Waals surface area contributed by atoms with E-state index in [4.69, 9.17) is 0 Å². The van der Waals surface area contributed by atoms with Crippen LogP contribution in [0.5, 0.6) is 0 Å². The van der Waals surface area contributed by atoms with Crippen molar-refractivity contribution in [3.63, 3.8) is 0 Å². The first-order valence-corrected chi connectivity index (χ1v) is 7.73. The van der Waals surface area contributed by atoms with E-state index in [1.54, 1.807) is 0 Å². The van der Waals surface area contributed by atoms with Crippen molar-refractivity contribution in [1.82, 2.24) is 0 Å². The summed E-state index contributed by atoms with van der Waals surface area (Å²) in [5, 5.41) is 0. The molecule has 1 aliphatic rings. The predicted molar refractivity (Wildman–Crippen MR) is 89.6 cm³/mol. The van der Waals surface area contributed by atoms with E-state index in [2.05, 4.69) is 75.9 Å². The lowest BCUT2D eigenvalue weighted by Crippen LogP contribution is -2.26. The van der Waals surface area contributed by atoms with Crippen molar-refractivity contribution >= 4 is 5.69 Å². The van der Waals surface area contributed by atoms with Crippen LogP contribution in [0.15, 0.2) is 42.0 Å². The summed E-state index contributed by atoms with van der Waals surface area (Å²) in [4.78, 5) is 2.44. The number of rotatable bonds is 4. The number of hydrogen-bond donors (Lipinski definition) is 0. The zero-order valence-corrected chi connectivity index (χ0v) is 13.5. The van der Waals surface area contributed by atoms with Crippen LogP contribution < -0.4 is 4.90 Å². The van der Waals surface area contributed by atoms with Gasteiger partial charge in [-0.05, 0) is 51.3 Å². The molecule has 0 N–H and O–H groups in total. The molecular weight excluding hydrogens is 242 g/mol. The number of allylic oxidation sites excluding steroid dienone is 4. The summed E-state index contributed by atoms with van der Waals surface area (Å²) < 4.78 is 0. The molecule has 0 fully saturated rings. The van der Waals surface area contributed by atoms with Gasteiger partial charge in [0.2, 0.25) is 0 Å². The minimum atomic E-state index is 0.132. The van der Waals surface area contributed by atoms with Crippen molar-refractivity contribution in [2.45, 2.75) is 46.5 Å². The van der Waals surface area contributed by atoms with Gasteiger partial charge in [0.1, 0.15) is 0 Å². The standard InChI is InChI=1S/C19H27N/c1-6-20(7-2)18-10-8-9-17(16(18)4)19(5)13-11-15(3)12-14-19/h8-13H,6-7,14H2,1-5H3. The van der Waals surface area contributed by atoms with Crippen LogP contribution in [0.2, 0.25) is 0 Å². The lowest BCUT2D eigenvalue weighted by molar-refractivity contribution is 0.592. The molecule has 0 radical (unpaired) electrons. The van der Waals surface area contributed by atoms with E-state index in [1.165, 1.54) is 22.4 Å². The van der Waals surface area contributed by atoms with Crippen molar-refractivity contribution in [2.75, 3.05) is 18.0 Å². The van der Waals surface area contributed by atoms with Crippen LogP contribution in [0, 0.1) is 6.92 Å². The second kappa shape index (κ2) is 5.87.